The second-order valence-corrected chi connectivity index (χ2v) is 10.3. The Kier molecular flexibility index (Phi) is 5.79. The van der Waals surface area contributed by atoms with Gasteiger partial charge in [-0.05, 0) is 40.8 Å². The number of carbonyl (C=O) groups excluding carboxylic acids is 2. The number of aromatic amines is 1. The highest BCUT2D eigenvalue weighted by Crippen LogP contribution is 2.47. The van der Waals surface area contributed by atoms with E-state index in [1.54, 1.807) is 42.5 Å². The molecule has 2 aromatic carbocycles. The zero-order valence-corrected chi connectivity index (χ0v) is 21.6. The van der Waals surface area contributed by atoms with Crippen LogP contribution in [-0.4, -0.2) is 60.5 Å². The quantitative estimate of drug-likeness (QED) is 0.416. The first-order valence-electron chi connectivity index (χ1n) is 12.1. The number of fused-ring (bicyclic) bond motifs is 4. The van der Waals surface area contributed by atoms with E-state index in [1.807, 2.05) is 47.8 Å². The average molecular weight is 518 g/mol. The standard InChI is InChI=1S/C28H27N3O5S/c1-34-22-11-16(12-23(35-2)27(22)36-3)26-25-19(18-8-4-5-9-20(18)29-25)13-21-28(33)30(15-24(32)31(21)26)14-17-7-6-10-37-17/h4-12,21,26,29H,13-15H2,1-3H3. The zero-order valence-electron chi connectivity index (χ0n) is 20.8. The average Bonchev–Trinajstić information content (AvgIpc) is 3.57. The first-order valence-corrected chi connectivity index (χ1v) is 12.9. The maximum Gasteiger partial charge on any atom is 0.246 e. The van der Waals surface area contributed by atoms with E-state index in [4.69, 9.17) is 14.2 Å². The molecule has 8 nitrogen and oxygen atoms in total. The van der Waals surface area contributed by atoms with Crippen LogP contribution in [0.4, 0.5) is 0 Å². The predicted molar refractivity (Wildman–Crippen MR) is 140 cm³/mol. The molecule has 2 atom stereocenters. The maximum absolute atomic E-state index is 13.9. The van der Waals surface area contributed by atoms with Crippen molar-refractivity contribution in [2.45, 2.75) is 25.0 Å². The van der Waals surface area contributed by atoms with Crippen LogP contribution in [0.2, 0.25) is 0 Å². The summed E-state index contributed by atoms with van der Waals surface area (Å²) >= 11 is 1.59. The van der Waals surface area contributed by atoms with Gasteiger partial charge in [0.25, 0.3) is 0 Å². The van der Waals surface area contributed by atoms with Crippen molar-refractivity contribution in [3.63, 3.8) is 0 Å². The van der Waals surface area contributed by atoms with E-state index in [9.17, 15) is 9.59 Å². The first kappa shape index (κ1) is 23.4. The third kappa shape index (κ3) is 3.72. The Morgan fingerprint density at radius 2 is 1.76 bits per heavy atom. The molecule has 2 amide bonds. The van der Waals surface area contributed by atoms with E-state index < -0.39 is 12.1 Å². The highest BCUT2D eigenvalue weighted by Gasteiger charge is 2.48. The SMILES string of the molecule is COc1cc(C2c3[nH]c4ccccc4c3CC3C(=O)N(Cc4cccs4)CC(=O)N32)cc(OC)c1OC. The van der Waals surface area contributed by atoms with Gasteiger partial charge < -0.3 is 29.0 Å². The Labute approximate surface area is 218 Å². The molecule has 0 radical (unpaired) electrons. The van der Waals surface area contributed by atoms with E-state index in [0.29, 0.717) is 30.2 Å². The van der Waals surface area contributed by atoms with Crippen LogP contribution >= 0.6 is 11.3 Å². The molecular formula is C28H27N3O5S. The van der Waals surface area contributed by atoms with Gasteiger partial charge in [-0.25, -0.2) is 0 Å². The van der Waals surface area contributed by atoms with E-state index >= 15 is 0 Å². The number of piperazine rings is 1. The van der Waals surface area contributed by atoms with Crippen LogP contribution in [0, 0.1) is 0 Å². The Balaban J connectivity index is 1.52. The highest BCUT2D eigenvalue weighted by atomic mass is 32.1. The third-order valence-electron chi connectivity index (χ3n) is 7.27. The number of nitrogens with one attached hydrogen (secondary N) is 1. The zero-order chi connectivity index (χ0) is 25.7. The second-order valence-electron chi connectivity index (χ2n) is 9.22. The molecule has 1 fully saturated rings. The number of carbonyl (C=O) groups is 2. The molecule has 0 saturated carbocycles. The smallest absolute Gasteiger partial charge is 0.246 e. The Hall–Kier alpha value is -3.98. The highest BCUT2D eigenvalue weighted by molar-refractivity contribution is 7.09. The predicted octanol–water partition coefficient (Wildman–Crippen LogP) is 4.14. The molecule has 4 heterocycles. The number of methoxy groups -OCH3 is 3. The van der Waals surface area contributed by atoms with Gasteiger partial charge in [-0.2, -0.15) is 0 Å². The fourth-order valence-electron chi connectivity index (χ4n) is 5.65. The molecule has 0 spiro atoms. The van der Waals surface area contributed by atoms with Crippen LogP contribution in [0.3, 0.4) is 0 Å². The number of hydrogen-bond donors (Lipinski definition) is 1. The molecule has 2 aliphatic rings. The minimum atomic E-state index is -0.614. The van der Waals surface area contributed by atoms with Gasteiger partial charge in [-0.15, -0.1) is 11.3 Å². The molecule has 1 saturated heterocycles. The van der Waals surface area contributed by atoms with E-state index in [-0.39, 0.29) is 18.4 Å². The minimum Gasteiger partial charge on any atom is -0.493 e. The lowest BCUT2D eigenvalue weighted by Gasteiger charge is -2.47. The van der Waals surface area contributed by atoms with Crippen LogP contribution < -0.4 is 14.2 Å². The number of rotatable bonds is 6. The normalized spacial score (nSPS) is 19.1. The lowest BCUT2D eigenvalue weighted by molar-refractivity contribution is -0.159. The number of aromatic nitrogens is 1. The molecule has 0 aliphatic carbocycles. The van der Waals surface area contributed by atoms with E-state index in [0.717, 1.165) is 32.6 Å². The van der Waals surface area contributed by atoms with Gasteiger partial charge in [0.2, 0.25) is 17.6 Å². The van der Waals surface area contributed by atoms with Crippen molar-refractivity contribution in [1.82, 2.24) is 14.8 Å². The summed E-state index contributed by atoms with van der Waals surface area (Å²) in [7, 11) is 4.69. The van der Waals surface area contributed by atoms with Gasteiger partial charge in [0.05, 0.1) is 33.9 Å². The van der Waals surface area contributed by atoms with Gasteiger partial charge in [0.15, 0.2) is 11.5 Å². The number of para-hydroxylation sites is 1. The van der Waals surface area contributed by atoms with Gasteiger partial charge in [-0.3, -0.25) is 9.59 Å². The summed E-state index contributed by atoms with van der Waals surface area (Å²) in [6, 6.07) is 14.6. The van der Waals surface area contributed by atoms with Crippen LogP contribution in [0.5, 0.6) is 17.2 Å². The lowest BCUT2D eigenvalue weighted by atomic mass is 9.86. The monoisotopic (exact) mass is 517 g/mol. The molecule has 0 bridgehead atoms. The van der Waals surface area contributed by atoms with Crippen molar-refractivity contribution >= 4 is 34.1 Å². The fraction of sp³-hybridized carbons (Fsp3) is 0.286. The minimum absolute atomic E-state index is 0.0315. The molecule has 2 unspecified atom stereocenters. The number of amides is 2. The third-order valence-corrected chi connectivity index (χ3v) is 8.13. The van der Waals surface area contributed by atoms with Gasteiger partial charge >= 0.3 is 0 Å². The number of hydrogen-bond acceptors (Lipinski definition) is 6. The fourth-order valence-corrected chi connectivity index (χ4v) is 6.37. The summed E-state index contributed by atoms with van der Waals surface area (Å²) in [5.41, 5.74) is 3.70. The van der Waals surface area contributed by atoms with Crippen molar-refractivity contribution in [3.05, 3.63) is 75.6 Å². The van der Waals surface area contributed by atoms with Crippen LogP contribution in [-0.2, 0) is 22.6 Å². The lowest BCUT2D eigenvalue weighted by Crippen LogP contribution is -2.62. The molecule has 9 heteroatoms. The summed E-state index contributed by atoms with van der Waals surface area (Å²) in [4.78, 5) is 35.7. The molecular weight excluding hydrogens is 490 g/mol. The number of nitrogens with zero attached hydrogens (tertiary/aromatic N) is 2. The van der Waals surface area contributed by atoms with Gasteiger partial charge in [-0.1, -0.05) is 24.3 Å². The molecule has 1 N–H and O–H groups in total. The van der Waals surface area contributed by atoms with Crippen molar-refractivity contribution in [2.24, 2.45) is 0 Å². The van der Waals surface area contributed by atoms with Gasteiger partial charge in [0.1, 0.15) is 12.6 Å². The Morgan fingerprint density at radius 1 is 1.00 bits per heavy atom. The van der Waals surface area contributed by atoms with Crippen molar-refractivity contribution in [2.75, 3.05) is 27.9 Å². The Bertz CT molecular complexity index is 1470. The Morgan fingerprint density at radius 3 is 2.43 bits per heavy atom. The first-order chi connectivity index (χ1) is 18.0. The largest absolute Gasteiger partial charge is 0.493 e. The maximum atomic E-state index is 13.9. The van der Waals surface area contributed by atoms with Crippen LogP contribution in [0.15, 0.2) is 53.9 Å². The molecule has 6 rings (SSSR count). The molecule has 2 aromatic heterocycles. The van der Waals surface area contributed by atoms with Crippen LogP contribution in [0.25, 0.3) is 10.9 Å². The number of benzene rings is 2. The topological polar surface area (TPSA) is 84.1 Å². The van der Waals surface area contributed by atoms with Crippen LogP contribution in [0.1, 0.15) is 27.7 Å². The number of H-pyrrole nitrogens is 1. The summed E-state index contributed by atoms with van der Waals surface area (Å²) in [6.45, 7) is 0.464. The summed E-state index contributed by atoms with van der Waals surface area (Å²) in [6.07, 6.45) is 0.450. The van der Waals surface area contributed by atoms with Crippen molar-refractivity contribution < 1.29 is 23.8 Å². The summed E-state index contributed by atoms with van der Waals surface area (Å²) in [5, 5.41) is 3.04. The van der Waals surface area contributed by atoms with Crippen molar-refractivity contribution in [1.29, 1.82) is 0 Å². The molecule has 2 aliphatic heterocycles. The van der Waals surface area contributed by atoms with Crippen molar-refractivity contribution in [3.8, 4) is 17.2 Å². The summed E-state index contributed by atoms with van der Waals surface area (Å²) < 4.78 is 16.8. The number of ether oxygens (including phenoxy) is 3. The van der Waals surface area contributed by atoms with Gasteiger partial charge in [0, 0.05) is 27.9 Å². The van der Waals surface area contributed by atoms with E-state index in [1.165, 1.54) is 0 Å². The summed E-state index contributed by atoms with van der Waals surface area (Å²) in [5.74, 6) is 1.32. The second kappa shape index (κ2) is 9.15. The number of thiophene rings is 1. The molecule has 4 aromatic rings. The van der Waals surface area contributed by atoms with E-state index in [2.05, 4.69) is 11.1 Å². The molecule has 190 valence electrons. The molecule has 37 heavy (non-hydrogen) atoms.